The van der Waals surface area contributed by atoms with E-state index in [9.17, 15) is 19.2 Å². The van der Waals surface area contributed by atoms with Gasteiger partial charge in [-0.1, -0.05) is 18.7 Å². The van der Waals surface area contributed by atoms with Gasteiger partial charge in [-0.15, -0.1) is 6.58 Å². The van der Waals surface area contributed by atoms with Gasteiger partial charge in [0.25, 0.3) is 0 Å². The fourth-order valence-corrected chi connectivity index (χ4v) is 5.05. The second kappa shape index (κ2) is 12.3. The summed E-state index contributed by atoms with van der Waals surface area (Å²) < 4.78 is 10.7. The topological polar surface area (TPSA) is 93.2 Å². The lowest BCUT2D eigenvalue weighted by Crippen LogP contribution is -2.47. The zero-order chi connectivity index (χ0) is 28.8. The van der Waals surface area contributed by atoms with E-state index in [1.54, 1.807) is 22.0 Å². The standard InChI is InChI=1S/C16H25NO3.C14H21NO3/c1-6-8-16(13(18)7-2)9-11-17(12-10-16)14(19)20-15(3,4)5;1-13(2,3)18-12(17)15-9-7-14(8-10-15)6-4-5-11(14)16/h6-7H,1-2,8-12H2,3-5H3;4-5H,6-10H2,1-3H3. The maximum Gasteiger partial charge on any atom is 0.410 e. The molecular weight excluding hydrogens is 484 g/mol. The van der Waals surface area contributed by atoms with Crippen molar-refractivity contribution in [3.63, 3.8) is 0 Å². The molecule has 2 saturated heterocycles. The van der Waals surface area contributed by atoms with Crippen molar-refractivity contribution in [2.45, 2.75) is 91.3 Å². The normalized spacial score (nSPS) is 20.3. The van der Waals surface area contributed by atoms with Crippen molar-refractivity contribution in [2.24, 2.45) is 10.8 Å². The number of ether oxygens (including phenoxy) is 2. The number of likely N-dealkylation sites (tertiary alicyclic amines) is 2. The van der Waals surface area contributed by atoms with Crippen LogP contribution in [0.3, 0.4) is 0 Å². The van der Waals surface area contributed by atoms with Crippen molar-refractivity contribution >= 4 is 23.8 Å². The molecule has 0 atom stereocenters. The third-order valence-electron chi connectivity index (χ3n) is 7.29. The Morgan fingerprint density at radius 1 is 0.868 bits per heavy atom. The van der Waals surface area contributed by atoms with Crippen LogP contribution in [0.1, 0.15) is 80.1 Å². The van der Waals surface area contributed by atoms with E-state index in [-0.39, 0.29) is 29.2 Å². The number of allylic oxidation sites excluding steroid dienone is 4. The molecular formula is C30H46N2O6. The molecule has 0 N–H and O–H groups in total. The van der Waals surface area contributed by atoms with Gasteiger partial charge in [0, 0.05) is 37.0 Å². The Morgan fingerprint density at radius 3 is 1.66 bits per heavy atom. The number of carbonyl (C=O) groups excluding carboxylic acids is 4. The van der Waals surface area contributed by atoms with Crippen LogP contribution in [0.2, 0.25) is 0 Å². The number of hydrogen-bond donors (Lipinski definition) is 0. The Morgan fingerprint density at radius 2 is 1.32 bits per heavy atom. The van der Waals surface area contributed by atoms with E-state index in [2.05, 4.69) is 13.2 Å². The molecule has 8 heteroatoms. The van der Waals surface area contributed by atoms with Crippen molar-refractivity contribution in [1.82, 2.24) is 9.80 Å². The number of ketones is 2. The first-order chi connectivity index (χ1) is 17.6. The van der Waals surface area contributed by atoms with E-state index in [0.717, 1.165) is 19.3 Å². The summed E-state index contributed by atoms with van der Waals surface area (Å²) in [6.07, 6.45) is 10.4. The van der Waals surface area contributed by atoms with Gasteiger partial charge in [-0.2, -0.15) is 0 Å². The monoisotopic (exact) mass is 530 g/mol. The molecule has 2 amide bonds. The van der Waals surface area contributed by atoms with Crippen LogP contribution in [0.4, 0.5) is 9.59 Å². The molecule has 3 rings (SSSR count). The Kier molecular flexibility index (Phi) is 10.1. The number of piperidine rings is 2. The molecule has 212 valence electrons. The molecule has 3 aliphatic rings. The number of carbonyl (C=O) groups is 4. The number of hydrogen-bond acceptors (Lipinski definition) is 6. The summed E-state index contributed by atoms with van der Waals surface area (Å²) >= 11 is 0. The van der Waals surface area contributed by atoms with Crippen molar-refractivity contribution in [1.29, 1.82) is 0 Å². The SMILES string of the molecule is C=CCC1(C(=O)C=C)CCN(C(=O)OC(C)(C)C)CC1.CC(C)(C)OC(=O)N1CCC2(CC=CC2=O)CC1. The fourth-order valence-electron chi connectivity index (χ4n) is 5.05. The van der Waals surface area contributed by atoms with Crippen molar-refractivity contribution in [2.75, 3.05) is 26.2 Å². The Balaban J connectivity index is 0.000000268. The summed E-state index contributed by atoms with van der Waals surface area (Å²) in [5, 5.41) is 0. The van der Waals surface area contributed by atoms with E-state index in [0.29, 0.717) is 45.4 Å². The van der Waals surface area contributed by atoms with E-state index in [1.165, 1.54) is 6.08 Å². The zero-order valence-corrected chi connectivity index (χ0v) is 24.1. The van der Waals surface area contributed by atoms with Crippen LogP contribution in [0.5, 0.6) is 0 Å². The molecule has 2 heterocycles. The first-order valence-corrected chi connectivity index (χ1v) is 13.5. The number of rotatable bonds is 4. The van der Waals surface area contributed by atoms with Crippen LogP contribution < -0.4 is 0 Å². The lowest BCUT2D eigenvalue weighted by Gasteiger charge is -2.40. The van der Waals surface area contributed by atoms with Crippen LogP contribution in [-0.2, 0) is 19.1 Å². The second-order valence-corrected chi connectivity index (χ2v) is 12.5. The van der Waals surface area contributed by atoms with Gasteiger partial charge in [0.2, 0.25) is 0 Å². The third-order valence-corrected chi connectivity index (χ3v) is 7.29. The molecule has 0 unspecified atom stereocenters. The van der Waals surface area contributed by atoms with Crippen LogP contribution in [0.25, 0.3) is 0 Å². The van der Waals surface area contributed by atoms with Crippen molar-refractivity contribution in [3.05, 3.63) is 37.5 Å². The lowest BCUT2D eigenvalue weighted by atomic mass is 9.72. The summed E-state index contributed by atoms with van der Waals surface area (Å²) in [6.45, 7) is 20.7. The molecule has 1 spiro atoms. The maximum absolute atomic E-state index is 12.1. The van der Waals surface area contributed by atoms with Crippen LogP contribution in [0, 0.1) is 10.8 Å². The van der Waals surface area contributed by atoms with E-state index in [4.69, 9.17) is 9.47 Å². The largest absolute Gasteiger partial charge is 0.444 e. The van der Waals surface area contributed by atoms with Gasteiger partial charge in [-0.25, -0.2) is 9.59 Å². The Labute approximate surface area is 228 Å². The average molecular weight is 531 g/mol. The molecule has 0 saturated carbocycles. The fraction of sp³-hybridized carbons (Fsp3) is 0.667. The van der Waals surface area contributed by atoms with Gasteiger partial charge in [-0.05, 0) is 92.2 Å². The highest BCUT2D eigenvalue weighted by Gasteiger charge is 2.43. The molecule has 2 fully saturated rings. The van der Waals surface area contributed by atoms with Gasteiger partial charge in [-0.3, -0.25) is 9.59 Å². The zero-order valence-electron chi connectivity index (χ0n) is 24.1. The first kappa shape index (κ1) is 31.3. The first-order valence-electron chi connectivity index (χ1n) is 13.5. The minimum atomic E-state index is -0.496. The van der Waals surface area contributed by atoms with Crippen molar-refractivity contribution in [3.8, 4) is 0 Å². The number of amides is 2. The molecule has 0 aromatic heterocycles. The molecule has 0 radical (unpaired) electrons. The summed E-state index contributed by atoms with van der Waals surface area (Å²) in [7, 11) is 0. The van der Waals surface area contributed by atoms with Gasteiger partial charge < -0.3 is 19.3 Å². The predicted octanol–water partition coefficient (Wildman–Crippen LogP) is 5.87. The molecule has 1 aliphatic carbocycles. The third kappa shape index (κ3) is 8.30. The minimum absolute atomic E-state index is 0.0428. The molecule has 0 aromatic carbocycles. The Hall–Kier alpha value is -2.90. The van der Waals surface area contributed by atoms with Crippen molar-refractivity contribution < 1.29 is 28.7 Å². The highest BCUT2D eigenvalue weighted by Crippen LogP contribution is 2.40. The van der Waals surface area contributed by atoms with E-state index < -0.39 is 16.6 Å². The minimum Gasteiger partial charge on any atom is -0.444 e. The molecule has 0 aromatic rings. The van der Waals surface area contributed by atoms with Crippen LogP contribution >= 0.6 is 0 Å². The summed E-state index contributed by atoms with van der Waals surface area (Å²) in [4.78, 5) is 51.2. The van der Waals surface area contributed by atoms with Gasteiger partial charge in [0.1, 0.15) is 11.2 Å². The van der Waals surface area contributed by atoms with Crippen LogP contribution in [-0.4, -0.2) is 70.9 Å². The Bertz CT molecular complexity index is 937. The lowest BCUT2D eigenvalue weighted by molar-refractivity contribution is -0.126. The van der Waals surface area contributed by atoms with Gasteiger partial charge in [0.05, 0.1) is 0 Å². The highest BCUT2D eigenvalue weighted by atomic mass is 16.6. The summed E-state index contributed by atoms with van der Waals surface area (Å²) in [5.74, 6) is 0.271. The molecule has 2 aliphatic heterocycles. The van der Waals surface area contributed by atoms with Crippen LogP contribution in [0.15, 0.2) is 37.5 Å². The van der Waals surface area contributed by atoms with Gasteiger partial charge in [0.15, 0.2) is 11.6 Å². The van der Waals surface area contributed by atoms with E-state index in [1.807, 2.05) is 47.6 Å². The van der Waals surface area contributed by atoms with Gasteiger partial charge >= 0.3 is 12.2 Å². The quantitative estimate of drug-likeness (QED) is 0.333. The average Bonchev–Trinajstić information content (AvgIpc) is 3.17. The predicted molar refractivity (Wildman–Crippen MR) is 148 cm³/mol. The highest BCUT2D eigenvalue weighted by molar-refractivity contribution is 5.97. The second-order valence-electron chi connectivity index (χ2n) is 12.5. The molecule has 38 heavy (non-hydrogen) atoms. The smallest absolute Gasteiger partial charge is 0.410 e. The number of nitrogens with zero attached hydrogens (tertiary/aromatic N) is 2. The van der Waals surface area contributed by atoms with E-state index >= 15 is 0 Å². The molecule has 0 bridgehead atoms. The molecule has 8 nitrogen and oxygen atoms in total. The maximum atomic E-state index is 12.1. The summed E-state index contributed by atoms with van der Waals surface area (Å²) in [6, 6.07) is 0. The summed E-state index contributed by atoms with van der Waals surface area (Å²) in [5.41, 5.74) is -1.62.